The van der Waals surface area contributed by atoms with Gasteiger partial charge in [0.05, 0.1) is 10.7 Å². The molecule has 1 aromatic rings. The van der Waals surface area contributed by atoms with Crippen LogP contribution in [0.1, 0.15) is 20.8 Å². The first kappa shape index (κ1) is 16.2. The summed E-state index contributed by atoms with van der Waals surface area (Å²) in [5.41, 5.74) is -0.459. The Labute approximate surface area is 121 Å². The molecule has 0 fully saturated rings. The molecule has 20 heavy (non-hydrogen) atoms. The van der Waals surface area contributed by atoms with E-state index in [1.165, 1.54) is 6.07 Å². The van der Waals surface area contributed by atoms with Gasteiger partial charge in [-0.15, -0.1) is 0 Å². The molecule has 0 spiro atoms. The van der Waals surface area contributed by atoms with Gasteiger partial charge in [-0.25, -0.2) is 14.0 Å². The smallest absolute Gasteiger partial charge is 0.326 e. The molecule has 1 unspecified atom stereocenters. The van der Waals surface area contributed by atoms with Crippen LogP contribution in [0.4, 0.5) is 14.9 Å². The number of carboxylic acids is 1. The van der Waals surface area contributed by atoms with E-state index >= 15 is 0 Å². The van der Waals surface area contributed by atoms with Crippen LogP contribution < -0.4 is 10.6 Å². The molecule has 0 saturated carbocycles. The highest BCUT2D eigenvalue weighted by molar-refractivity contribution is 6.33. The van der Waals surface area contributed by atoms with Gasteiger partial charge < -0.3 is 15.7 Å². The van der Waals surface area contributed by atoms with Crippen LogP contribution in [0.2, 0.25) is 5.02 Å². The molecule has 0 aliphatic rings. The number of amides is 2. The quantitative estimate of drug-likeness (QED) is 0.803. The molecule has 1 atom stereocenters. The van der Waals surface area contributed by atoms with Gasteiger partial charge in [-0.3, -0.25) is 0 Å². The van der Waals surface area contributed by atoms with Gasteiger partial charge in [-0.2, -0.15) is 0 Å². The van der Waals surface area contributed by atoms with Gasteiger partial charge in [-0.1, -0.05) is 32.4 Å². The largest absolute Gasteiger partial charge is 0.480 e. The maximum absolute atomic E-state index is 12.9. The molecule has 0 aromatic heterocycles. The van der Waals surface area contributed by atoms with Crippen LogP contribution in [-0.2, 0) is 4.79 Å². The topological polar surface area (TPSA) is 78.4 Å². The number of hydrogen-bond donors (Lipinski definition) is 3. The van der Waals surface area contributed by atoms with Gasteiger partial charge in [0.15, 0.2) is 0 Å². The summed E-state index contributed by atoms with van der Waals surface area (Å²) >= 11 is 5.76. The zero-order valence-corrected chi connectivity index (χ0v) is 12.1. The average Bonchev–Trinajstić information content (AvgIpc) is 2.28. The number of carbonyl (C=O) groups is 2. The fraction of sp³-hybridized carbons (Fsp3) is 0.385. The first-order valence-corrected chi connectivity index (χ1v) is 6.24. The molecule has 1 rings (SSSR count). The second kappa shape index (κ2) is 6.09. The molecule has 7 heteroatoms. The summed E-state index contributed by atoms with van der Waals surface area (Å²) in [6.07, 6.45) is 0. The molecule has 2 amide bonds. The number of aliphatic carboxylic acids is 1. The number of benzene rings is 1. The van der Waals surface area contributed by atoms with Crippen LogP contribution in [-0.4, -0.2) is 23.1 Å². The van der Waals surface area contributed by atoms with E-state index in [1.54, 1.807) is 20.8 Å². The maximum Gasteiger partial charge on any atom is 0.326 e. The lowest BCUT2D eigenvalue weighted by Gasteiger charge is -2.27. The van der Waals surface area contributed by atoms with Crippen LogP contribution in [0, 0.1) is 11.2 Å². The molecule has 110 valence electrons. The average molecular weight is 303 g/mol. The first-order chi connectivity index (χ1) is 9.11. The Balaban J connectivity index is 2.79. The number of nitrogens with one attached hydrogen (secondary N) is 2. The normalized spacial score (nSPS) is 12.7. The molecule has 3 N–H and O–H groups in total. The molecular formula is C13H16ClFN2O3. The van der Waals surface area contributed by atoms with E-state index in [0.29, 0.717) is 0 Å². The van der Waals surface area contributed by atoms with Gasteiger partial charge in [0.25, 0.3) is 0 Å². The van der Waals surface area contributed by atoms with Crippen molar-refractivity contribution in [2.45, 2.75) is 26.8 Å². The molecule has 0 aliphatic carbocycles. The van der Waals surface area contributed by atoms with E-state index in [9.17, 15) is 14.0 Å². The highest BCUT2D eigenvalue weighted by Crippen LogP contribution is 2.23. The molecule has 5 nitrogen and oxygen atoms in total. The molecule has 0 saturated heterocycles. The summed E-state index contributed by atoms with van der Waals surface area (Å²) in [5, 5.41) is 13.9. The van der Waals surface area contributed by atoms with Gasteiger partial charge >= 0.3 is 12.0 Å². The maximum atomic E-state index is 12.9. The Morgan fingerprint density at radius 3 is 2.40 bits per heavy atom. The molecule has 0 radical (unpaired) electrons. The lowest BCUT2D eigenvalue weighted by atomic mass is 9.87. The third-order valence-electron chi connectivity index (χ3n) is 2.57. The molecule has 0 heterocycles. The van der Waals surface area contributed by atoms with Crippen molar-refractivity contribution in [1.29, 1.82) is 0 Å². The Bertz CT molecular complexity index is 529. The monoisotopic (exact) mass is 302 g/mol. The van der Waals surface area contributed by atoms with E-state index in [1.807, 2.05) is 0 Å². The number of anilines is 1. The summed E-state index contributed by atoms with van der Waals surface area (Å²) in [6, 6.07) is 1.70. The predicted octanol–water partition coefficient (Wildman–Crippen LogP) is 3.10. The third-order valence-corrected chi connectivity index (χ3v) is 2.88. The fourth-order valence-electron chi connectivity index (χ4n) is 1.53. The van der Waals surface area contributed by atoms with E-state index in [0.717, 1.165) is 12.1 Å². The van der Waals surface area contributed by atoms with E-state index in [2.05, 4.69) is 10.6 Å². The second-order valence-corrected chi connectivity index (χ2v) is 5.77. The summed E-state index contributed by atoms with van der Waals surface area (Å²) in [5.74, 6) is -1.67. The molecule has 1 aromatic carbocycles. The van der Waals surface area contributed by atoms with Crippen LogP contribution in [0.15, 0.2) is 18.2 Å². The Kier molecular flexibility index (Phi) is 4.94. The summed E-state index contributed by atoms with van der Waals surface area (Å²) in [7, 11) is 0. The van der Waals surface area contributed by atoms with E-state index in [-0.39, 0.29) is 10.7 Å². The summed E-state index contributed by atoms with van der Waals surface area (Å²) in [4.78, 5) is 22.9. The second-order valence-electron chi connectivity index (χ2n) is 5.36. The number of carboxylic acid groups (broad SMARTS) is 1. The minimum atomic E-state index is -1.14. The first-order valence-electron chi connectivity index (χ1n) is 5.86. The summed E-state index contributed by atoms with van der Waals surface area (Å²) in [6.45, 7) is 5.07. The van der Waals surface area contributed by atoms with Crippen LogP contribution in [0.3, 0.4) is 0 Å². The molecule has 0 bridgehead atoms. The van der Waals surface area contributed by atoms with Crippen LogP contribution >= 0.6 is 11.6 Å². The van der Waals surface area contributed by atoms with E-state index < -0.39 is 29.3 Å². The zero-order valence-electron chi connectivity index (χ0n) is 11.3. The van der Waals surface area contributed by atoms with Crippen molar-refractivity contribution in [2.75, 3.05) is 5.32 Å². The van der Waals surface area contributed by atoms with E-state index in [4.69, 9.17) is 16.7 Å². The van der Waals surface area contributed by atoms with Crippen molar-refractivity contribution in [3.63, 3.8) is 0 Å². The van der Waals surface area contributed by atoms with Gasteiger partial charge in [0.1, 0.15) is 11.9 Å². The highest BCUT2D eigenvalue weighted by atomic mass is 35.5. The Morgan fingerprint density at radius 1 is 1.35 bits per heavy atom. The lowest BCUT2D eigenvalue weighted by Crippen LogP contribution is -2.50. The lowest BCUT2D eigenvalue weighted by molar-refractivity contribution is -0.141. The molecular weight excluding hydrogens is 287 g/mol. The van der Waals surface area contributed by atoms with Gasteiger partial charge in [0.2, 0.25) is 0 Å². The van der Waals surface area contributed by atoms with Gasteiger partial charge in [0, 0.05) is 0 Å². The number of carbonyl (C=O) groups excluding carboxylic acids is 1. The minimum Gasteiger partial charge on any atom is -0.480 e. The fourth-order valence-corrected chi connectivity index (χ4v) is 1.74. The predicted molar refractivity (Wildman–Crippen MR) is 74.4 cm³/mol. The number of urea groups is 1. The van der Waals surface area contributed by atoms with Crippen molar-refractivity contribution in [2.24, 2.45) is 5.41 Å². The van der Waals surface area contributed by atoms with Crippen molar-refractivity contribution < 1.29 is 19.1 Å². The zero-order chi connectivity index (χ0) is 15.5. The number of rotatable bonds is 3. The number of hydrogen-bond acceptors (Lipinski definition) is 2. The van der Waals surface area contributed by atoms with Crippen molar-refractivity contribution >= 4 is 29.3 Å². The van der Waals surface area contributed by atoms with Crippen molar-refractivity contribution in [3.8, 4) is 0 Å². The van der Waals surface area contributed by atoms with Crippen molar-refractivity contribution in [3.05, 3.63) is 29.0 Å². The number of halogens is 2. The van der Waals surface area contributed by atoms with Crippen LogP contribution in [0.25, 0.3) is 0 Å². The van der Waals surface area contributed by atoms with Crippen LogP contribution in [0.5, 0.6) is 0 Å². The summed E-state index contributed by atoms with van der Waals surface area (Å²) < 4.78 is 12.9. The standard InChI is InChI=1S/C13H16ClFN2O3/c1-13(2,3)10(11(18)19)17-12(20)16-9-5-4-7(15)6-8(9)14/h4-6,10H,1-3H3,(H,18,19)(H2,16,17,20). The third kappa shape index (κ3) is 4.38. The Morgan fingerprint density at radius 2 is 1.95 bits per heavy atom. The highest BCUT2D eigenvalue weighted by Gasteiger charge is 2.32. The van der Waals surface area contributed by atoms with Gasteiger partial charge in [-0.05, 0) is 23.6 Å². The SMILES string of the molecule is CC(C)(C)C(NC(=O)Nc1ccc(F)cc1Cl)C(=O)O. The molecule has 0 aliphatic heterocycles. The minimum absolute atomic E-state index is 0.0304. The van der Waals surface area contributed by atoms with Crippen molar-refractivity contribution in [1.82, 2.24) is 5.32 Å². The Hall–Kier alpha value is -1.82.